The number of hydrogen-bond acceptors (Lipinski definition) is 2. The molecule has 0 fully saturated rings. The van der Waals surface area contributed by atoms with Gasteiger partial charge in [-0.3, -0.25) is 5.32 Å². The van der Waals surface area contributed by atoms with Crippen LogP contribution in [0.25, 0.3) is 0 Å². The van der Waals surface area contributed by atoms with Gasteiger partial charge in [-0.2, -0.15) is 5.26 Å². The zero-order valence-electron chi connectivity index (χ0n) is 10.2. The first-order chi connectivity index (χ1) is 7.89. The van der Waals surface area contributed by atoms with Gasteiger partial charge in [0.15, 0.2) is 0 Å². The molecule has 4 heteroatoms. The van der Waals surface area contributed by atoms with Gasteiger partial charge >= 0.3 is 0 Å². The van der Waals surface area contributed by atoms with Gasteiger partial charge in [0.25, 0.3) is 0 Å². The van der Waals surface area contributed by atoms with E-state index in [9.17, 15) is 9.65 Å². The second kappa shape index (κ2) is 5.48. The number of nitrogens with one attached hydrogen (secondary N) is 1. The smallest absolute Gasteiger partial charge is 0.130 e. The van der Waals surface area contributed by atoms with E-state index in [1.165, 1.54) is 12.1 Å². The number of nitrogens with zero attached hydrogens (tertiary/aromatic N) is 1. The fourth-order valence-corrected chi connectivity index (χ4v) is 1.85. The number of rotatable bonds is 4. The van der Waals surface area contributed by atoms with Crippen LogP contribution in [-0.2, 0) is 5.54 Å². The molecule has 0 aliphatic rings. The molecule has 1 aromatic rings. The maximum Gasteiger partial charge on any atom is 0.130 e. The summed E-state index contributed by atoms with van der Waals surface area (Å²) in [5, 5.41) is 12.7. The van der Waals surface area contributed by atoms with Crippen molar-refractivity contribution in [1.29, 1.82) is 5.26 Å². The second-order valence-corrected chi connectivity index (χ2v) is 5.04. The van der Waals surface area contributed by atoms with Crippen LogP contribution in [0, 0.1) is 23.1 Å². The summed E-state index contributed by atoms with van der Waals surface area (Å²) in [6.45, 7) is 6.54. The van der Waals surface area contributed by atoms with E-state index in [1.807, 2.05) is 0 Å². The van der Waals surface area contributed by atoms with Crippen molar-refractivity contribution in [1.82, 2.24) is 5.32 Å². The summed E-state index contributed by atoms with van der Waals surface area (Å²) < 4.78 is 13.0. The Balaban J connectivity index is 3.04. The summed E-state index contributed by atoms with van der Waals surface area (Å²) in [6, 6.07) is 6.28. The van der Waals surface area contributed by atoms with Crippen LogP contribution in [0.15, 0.2) is 18.2 Å². The molecule has 92 valence electrons. The minimum atomic E-state index is -0.894. The van der Waals surface area contributed by atoms with E-state index in [0.29, 0.717) is 18.0 Å². The Bertz CT molecular complexity index is 440. The fourth-order valence-electron chi connectivity index (χ4n) is 1.50. The fraction of sp³-hybridized carbons (Fsp3) is 0.462. The SMILES string of the molecule is CC(C)CNC(C)(C#N)c1ccc(F)cc1Cl. The van der Waals surface area contributed by atoms with Crippen LogP contribution >= 0.6 is 11.6 Å². The molecule has 0 spiro atoms. The van der Waals surface area contributed by atoms with Crippen LogP contribution in [0.5, 0.6) is 0 Å². The first-order valence-corrected chi connectivity index (χ1v) is 5.88. The molecule has 0 radical (unpaired) electrons. The van der Waals surface area contributed by atoms with Crippen LogP contribution in [0.3, 0.4) is 0 Å². The lowest BCUT2D eigenvalue weighted by Crippen LogP contribution is -2.40. The van der Waals surface area contributed by atoms with Gasteiger partial charge in [-0.05, 0) is 31.5 Å². The van der Waals surface area contributed by atoms with Crippen molar-refractivity contribution in [3.63, 3.8) is 0 Å². The molecule has 1 N–H and O–H groups in total. The van der Waals surface area contributed by atoms with Gasteiger partial charge in [-0.15, -0.1) is 0 Å². The third kappa shape index (κ3) is 3.42. The number of hydrogen-bond donors (Lipinski definition) is 1. The van der Waals surface area contributed by atoms with Crippen molar-refractivity contribution >= 4 is 11.6 Å². The van der Waals surface area contributed by atoms with Crippen LogP contribution in [-0.4, -0.2) is 6.54 Å². The molecule has 2 nitrogen and oxygen atoms in total. The first-order valence-electron chi connectivity index (χ1n) is 5.51. The van der Waals surface area contributed by atoms with E-state index in [0.717, 1.165) is 0 Å². The third-order valence-corrected chi connectivity index (χ3v) is 2.87. The summed E-state index contributed by atoms with van der Waals surface area (Å²) in [5.41, 5.74) is -0.293. The lowest BCUT2D eigenvalue weighted by Gasteiger charge is -2.26. The van der Waals surface area contributed by atoms with Gasteiger partial charge in [0, 0.05) is 10.6 Å². The van der Waals surface area contributed by atoms with Gasteiger partial charge in [-0.25, -0.2) is 4.39 Å². The minimum Gasteiger partial charge on any atom is -0.296 e. The molecule has 1 aromatic carbocycles. The summed E-state index contributed by atoms with van der Waals surface area (Å²) in [6.07, 6.45) is 0. The molecule has 1 unspecified atom stereocenters. The number of benzene rings is 1. The van der Waals surface area contributed by atoms with E-state index >= 15 is 0 Å². The standard InChI is InChI=1S/C13H16ClFN2/c1-9(2)7-17-13(3,8-16)11-5-4-10(15)6-12(11)14/h4-6,9,17H,7H2,1-3H3. The lowest BCUT2D eigenvalue weighted by atomic mass is 9.93. The van der Waals surface area contributed by atoms with Crippen molar-refractivity contribution in [2.45, 2.75) is 26.3 Å². The van der Waals surface area contributed by atoms with Crippen molar-refractivity contribution in [3.8, 4) is 6.07 Å². The highest BCUT2D eigenvalue weighted by molar-refractivity contribution is 6.31. The Hall–Kier alpha value is -1.11. The van der Waals surface area contributed by atoms with Gasteiger partial charge in [-0.1, -0.05) is 31.5 Å². The minimum absolute atomic E-state index is 0.269. The topological polar surface area (TPSA) is 35.8 Å². The second-order valence-electron chi connectivity index (χ2n) is 4.64. The van der Waals surface area contributed by atoms with E-state index in [4.69, 9.17) is 11.6 Å². The van der Waals surface area contributed by atoms with Crippen LogP contribution < -0.4 is 5.32 Å². The molecule has 0 aliphatic carbocycles. The highest BCUT2D eigenvalue weighted by atomic mass is 35.5. The van der Waals surface area contributed by atoms with Crippen LogP contribution in [0.2, 0.25) is 5.02 Å². The normalized spacial score (nSPS) is 14.4. The average molecular weight is 255 g/mol. The third-order valence-electron chi connectivity index (χ3n) is 2.56. The molecular weight excluding hydrogens is 239 g/mol. The quantitative estimate of drug-likeness (QED) is 0.893. The van der Waals surface area contributed by atoms with E-state index in [-0.39, 0.29) is 5.02 Å². The molecule has 1 rings (SSSR count). The van der Waals surface area contributed by atoms with E-state index < -0.39 is 11.4 Å². The Morgan fingerprint density at radius 3 is 2.65 bits per heavy atom. The molecule has 17 heavy (non-hydrogen) atoms. The van der Waals surface area contributed by atoms with Gasteiger partial charge < -0.3 is 0 Å². The molecule has 0 aliphatic heterocycles. The van der Waals surface area contributed by atoms with Crippen molar-refractivity contribution in [3.05, 3.63) is 34.6 Å². The van der Waals surface area contributed by atoms with E-state index in [2.05, 4.69) is 25.2 Å². The molecular formula is C13H16ClFN2. The molecule has 0 bridgehead atoms. The summed E-state index contributed by atoms with van der Waals surface area (Å²) in [7, 11) is 0. The molecule has 0 saturated heterocycles. The maximum atomic E-state index is 13.0. The molecule has 0 aromatic heterocycles. The maximum absolute atomic E-state index is 13.0. The van der Waals surface area contributed by atoms with Crippen LogP contribution in [0.4, 0.5) is 4.39 Å². The van der Waals surface area contributed by atoms with Gasteiger partial charge in [0.2, 0.25) is 0 Å². The largest absolute Gasteiger partial charge is 0.296 e. The average Bonchev–Trinajstić information content (AvgIpc) is 2.26. The zero-order valence-corrected chi connectivity index (χ0v) is 11.0. The molecule has 0 amide bonds. The predicted octanol–water partition coefficient (Wildman–Crippen LogP) is 3.46. The predicted molar refractivity (Wildman–Crippen MR) is 67.2 cm³/mol. The zero-order chi connectivity index (χ0) is 13.1. The summed E-state index contributed by atoms with van der Waals surface area (Å²) in [5.74, 6) is 0.0183. The monoisotopic (exact) mass is 254 g/mol. The lowest BCUT2D eigenvalue weighted by molar-refractivity contribution is 0.423. The van der Waals surface area contributed by atoms with Gasteiger partial charge in [0.05, 0.1) is 6.07 Å². The Morgan fingerprint density at radius 2 is 2.18 bits per heavy atom. The Kier molecular flexibility index (Phi) is 4.50. The highest BCUT2D eigenvalue weighted by Crippen LogP contribution is 2.28. The van der Waals surface area contributed by atoms with E-state index in [1.54, 1.807) is 13.0 Å². The number of nitriles is 1. The van der Waals surface area contributed by atoms with Crippen LogP contribution in [0.1, 0.15) is 26.3 Å². The van der Waals surface area contributed by atoms with Crippen molar-refractivity contribution in [2.24, 2.45) is 5.92 Å². The molecule has 0 heterocycles. The van der Waals surface area contributed by atoms with Crippen molar-refractivity contribution < 1.29 is 4.39 Å². The summed E-state index contributed by atoms with van der Waals surface area (Å²) in [4.78, 5) is 0. The number of halogens is 2. The molecule has 0 saturated carbocycles. The highest BCUT2D eigenvalue weighted by Gasteiger charge is 2.28. The Labute approximate surface area is 106 Å². The molecule has 1 atom stereocenters. The van der Waals surface area contributed by atoms with Crippen molar-refractivity contribution in [2.75, 3.05) is 6.54 Å². The Morgan fingerprint density at radius 1 is 1.53 bits per heavy atom. The summed E-state index contributed by atoms with van der Waals surface area (Å²) >= 11 is 5.98. The first kappa shape index (κ1) is 14.0. The van der Waals surface area contributed by atoms with Gasteiger partial charge in [0.1, 0.15) is 11.4 Å².